The topological polar surface area (TPSA) is 82.5 Å². The third-order valence-corrected chi connectivity index (χ3v) is 5.62. The van der Waals surface area contributed by atoms with E-state index in [4.69, 9.17) is 0 Å². The number of nitrogens with one attached hydrogen (secondary N) is 1. The summed E-state index contributed by atoms with van der Waals surface area (Å²) in [5, 5.41) is 25.9. The molecule has 0 aliphatic rings. The Kier molecular flexibility index (Phi) is 5.96. The highest BCUT2D eigenvalue weighted by atomic mass is 16.4. The van der Waals surface area contributed by atoms with E-state index >= 15 is 0 Å². The van der Waals surface area contributed by atoms with Crippen molar-refractivity contribution in [3.63, 3.8) is 0 Å². The minimum Gasteiger partial charge on any atom is -0.478 e. The smallest absolute Gasteiger partial charge is 0.335 e. The van der Waals surface area contributed by atoms with Crippen LogP contribution in [0.15, 0.2) is 85.2 Å². The van der Waals surface area contributed by atoms with Crippen molar-refractivity contribution >= 4 is 22.4 Å². The number of hydrogen-bond acceptors (Lipinski definition) is 4. The molecule has 0 saturated carbocycles. The highest BCUT2D eigenvalue weighted by molar-refractivity contribution is 5.89. The van der Waals surface area contributed by atoms with E-state index in [2.05, 4.69) is 28.5 Å². The van der Waals surface area contributed by atoms with Gasteiger partial charge >= 0.3 is 5.97 Å². The Morgan fingerprint density at radius 2 is 1.71 bits per heavy atom. The second-order valence-electron chi connectivity index (χ2n) is 7.62. The summed E-state index contributed by atoms with van der Waals surface area (Å²) in [6.07, 6.45) is 2.93. The Morgan fingerprint density at radius 1 is 0.968 bits per heavy atom. The van der Waals surface area contributed by atoms with Gasteiger partial charge in [-0.2, -0.15) is 0 Å². The van der Waals surface area contributed by atoms with Crippen LogP contribution < -0.4 is 5.32 Å². The average Bonchev–Trinajstić information content (AvgIpc) is 2.79. The molecule has 156 valence electrons. The van der Waals surface area contributed by atoms with Gasteiger partial charge in [0.25, 0.3) is 0 Å². The minimum absolute atomic E-state index is 0.168. The summed E-state index contributed by atoms with van der Waals surface area (Å²) in [7, 11) is 0. The zero-order valence-corrected chi connectivity index (χ0v) is 17.2. The van der Waals surface area contributed by atoms with Crippen molar-refractivity contribution in [1.29, 1.82) is 0 Å². The molecule has 1 heterocycles. The van der Waals surface area contributed by atoms with Crippen LogP contribution in [0.2, 0.25) is 0 Å². The van der Waals surface area contributed by atoms with E-state index in [9.17, 15) is 15.0 Å². The number of rotatable bonds is 7. The lowest BCUT2D eigenvalue weighted by molar-refractivity contribution is 0.0696. The van der Waals surface area contributed by atoms with Crippen LogP contribution in [0.1, 0.15) is 39.9 Å². The number of pyridine rings is 1. The predicted molar refractivity (Wildman–Crippen MR) is 122 cm³/mol. The third kappa shape index (κ3) is 4.42. The highest BCUT2D eigenvalue weighted by Crippen LogP contribution is 2.29. The van der Waals surface area contributed by atoms with Crippen molar-refractivity contribution in [1.82, 2.24) is 4.98 Å². The van der Waals surface area contributed by atoms with Gasteiger partial charge in [-0.3, -0.25) is 4.98 Å². The van der Waals surface area contributed by atoms with Gasteiger partial charge < -0.3 is 15.5 Å². The van der Waals surface area contributed by atoms with E-state index in [1.165, 1.54) is 0 Å². The molecule has 1 aromatic heterocycles. The quantitative estimate of drug-likeness (QED) is 0.370. The summed E-state index contributed by atoms with van der Waals surface area (Å²) < 4.78 is 0. The number of carbonyl (C=O) groups is 1. The second kappa shape index (κ2) is 8.98. The van der Waals surface area contributed by atoms with Gasteiger partial charge in [-0.1, -0.05) is 67.6 Å². The molecule has 0 saturated heterocycles. The van der Waals surface area contributed by atoms with Gasteiger partial charge in [-0.25, -0.2) is 4.79 Å². The van der Waals surface area contributed by atoms with E-state index in [0.29, 0.717) is 12.0 Å². The number of fused-ring (bicyclic) bond motifs is 1. The van der Waals surface area contributed by atoms with Crippen molar-refractivity contribution in [3.05, 3.63) is 107 Å². The fourth-order valence-electron chi connectivity index (χ4n) is 3.90. The molecule has 0 bridgehead atoms. The number of aliphatic hydroxyl groups is 1. The molecule has 31 heavy (non-hydrogen) atoms. The minimum atomic E-state index is -0.960. The lowest BCUT2D eigenvalue weighted by Gasteiger charge is -2.24. The van der Waals surface area contributed by atoms with E-state index in [0.717, 1.165) is 27.6 Å². The van der Waals surface area contributed by atoms with Gasteiger partial charge in [-0.05, 0) is 39.6 Å². The molecule has 0 radical (unpaired) electrons. The third-order valence-electron chi connectivity index (χ3n) is 5.62. The molecule has 3 aromatic carbocycles. The van der Waals surface area contributed by atoms with Crippen molar-refractivity contribution in [2.75, 3.05) is 5.32 Å². The Bertz CT molecular complexity index is 1220. The van der Waals surface area contributed by atoms with Crippen LogP contribution in [-0.2, 0) is 6.42 Å². The highest BCUT2D eigenvalue weighted by Gasteiger charge is 2.20. The van der Waals surface area contributed by atoms with Crippen LogP contribution in [0.25, 0.3) is 10.8 Å². The molecule has 0 fully saturated rings. The Hall–Kier alpha value is -3.70. The summed E-state index contributed by atoms with van der Waals surface area (Å²) >= 11 is 0. The molecule has 5 nitrogen and oxygen atoms in total. The lowest BCUT2D eigenvalue weighted by atomic mass is 9.93. The molecule has 2 unspecified atom stereocenters. The number of hydrogen-bond donors (Lipinski definition) is 3. The van der Waals surface area contributed by atoms with Crippen LogP contribution >= 0.6 is 0 Å². The van der Waals surface area contributed by atoms with E-state index < -0.39 is 12.2 Å². The van der Waals surface area contributed by atoms with Crippen molar-refractivity contribution in [2.24, 2.45) is 0 Å². The number of carboxylic acids is 1. The van der Waals surface area contributed by atoms with Crippen molar-refractivity contribution < 1.29 is 15.0 Å². The molecule has 3 N–H and O–H groups in total. The maximum atomic E-state index is 11.6. The Morgan fingerprint density at radius 3 is 2.55 bits per heavy atom. The standard InChI is InChI=1S/C26H24N2O3/c1-17(21-12-6-9-18-7-2-4-10-22(18)21)25(29)28-24-13-14-27-16-20(24)15-19-8-3-5-11-23(19)26(30)31/h2-14,16-17,25,29H,15H2,1H3,(H,27,28)(H,30,31). The molecule has 0 amide bonds. The van der Waals surface area contributed by atoms with Crippen LogP contribution in [-0.4, -0.2) is 27.4 Å². The number of carboxylic acid groups (broad SMARTS) is 1. The number of aromatic carboxylic acids is 1. The van der Waals surface area contributed by atoms with E-state index in [1.54, 1.807) is 36.7 Å². The van der Waals surface area contributed by atoms with Crippen LogP contribution in [0.3, 0.4) is 0 Å². The molecule has 2 atom stereocenters. The Labute approximate surface area is 181 Å². The second-order valence-corrected chi connectivity index (χ2v) is 7.62. The van der Waals surface area contributed by atoms with Crippen LogP contribution in [0.4, 0.5) is 5.69 Å². The SMILES string of the molecule is CC(c1cccc2ccccc12)C(O)Nc1ccncc1Cc1ccccc1C(=O)O. The average molecular weight is 412 g/mol. The van der Waals surface area contributed by atoms with E-state index in [-0.39, 0.29) is 11.5 Å². The number of aromatic nitrogens is 1. The van der Waals surface area contributed by atoms with Crippen LogP contribution in [0.5, 0.6) is 0 Å². The fraction of sp³-hybridized carbons (Fsp3) is 0.154. The van der Waals surface area contributed by atoms with Gasteiger partial charge in [0.05, 0.1) is 5.56 Å². The molecule has 0 aliphatic heterocycles. The molecule has 0 spiro atoms. The maximum absolute atomic E-state index is 11.6. The first-order chi connectivity index (χ1) is 15.0. The lowest BCUT2D eigenvalue weighted by Crippen LogP contribution is -2.26. The summed E-state index contributed by atoms with van der Waals surface area (Å²) in [6.45, 7) is 1.99. The van der Waals surface area contributed by atoms with E-state index in [1.807, 2.05) is 37.3 Å². The summed E-state index contributed by atoms with van der Waals surface area (Å²) in [4.78, 5) is 15.8. The number of benzene rings is 3. The molecular formula is C26H24N2O3. The maximum Gasteiger partial charge on any atom is 0.335 e. The first kappa shape index (κ1) is 20.6. The molecule has 5 heteroatoms. The summed E-state index contributed by atoms with van der Waals surface area (Å²) in [5.41, 5.74) is 3.57. The predicted octanol–water partition coefficient (Wildman–Crippen LogP) is 5.06. The largest absolute Gasteiger partial charge is 0.478 e. The van der Waals surface area contributed by atoms with Gasteiger partial charge in [0, 0.05) is 30.4 Å². The Balaban J connectivity index is 1.60. The first-order valence-electron chi connectivity index (χ1n) is 10.2. The zero-order chi connectivity index (χ0) is 21.8. The summed E-state index contributed by atoms with van der Waals surface area (Å²) in [6, 6.07) is 23.0. The molecule has 4 aromatic rings. The first-order valence-corrected chi connectivity index (χ1v) is 10.2. The number of nitrogens with zero attached hydrogens (tertiary/aromatic N) is 1. The van der Waals surface area contributed by atoms with Crippen molar-refractivity contribution in [2.45, 2.75) is 25.5 Å². The summed E-state index contributed by atoms with van der Waals surface area (Å²) in [5.74, 6) is -1.13. The van der Waals surface area contributed by atoms with Gasteiger partial charge in [0.1, 0.15) is 6.23 Å². The number of anilines is 1. The van der Waals surface area contributed by atoms with Gasteiger partial charge in [0.2, 0.25) is 0 Å². The molecular weight excluding hydrogens is 388 g/mol. The zero-order valence-electron chi connectivity index (χ0n) is 17.2. The van der Waals surface area contributed by atoms with Gasteiger partial charge in [-0.15, -0.1) is 0 Å². The monoisotopic (exact) mass is 412 g/mol. The molecule has 0 aliphatic carbocycles. The molecule has 4 rings (SSSR count). The van der Waals surface area contributed by atoms with Crippen molar-refractivity contribution in [3.8, 4) is 0 Å². The normalized spacial score (nSPS) is 13.0. The fourth-order valence-corrected chi connectivity index (χ4v) is 3.90. The van der Waals surface area contributed by atoms with Crippen LogP contribution in [0, 0.1) is 0 Å². The van der Waals surface area contributed by atoms with Gasteiger partial charge in [0.15, 0.2) is 0 Å². The number of aliphatic hydroxyl groups excluding tert-OH is 1.